The van der Waals surface area contributed by atoms with E-state index in [0.29, 0.717) is 23.7 Å². The Labute approximate surface area is 128 Å². The lowest BCUT2D eigenvalue weighted by atomic mass is 10.1. The molecule has 1 aromatic rings. The Morgan fingerprint density at radius 1 is 1.29 bits per heavy atom. The topological polar surface area (TPSA) is 81.9 Å². The number of rotatable bonds is 7. The lowest BCUT2D eigenvalue weighted by Gasteiger charge is -2.22. The van der Waals surface area contributed by atoms with E-state index in [0.717, 1.165) is 0 Å². The van der Waals surface area contributed by atoms with Crippen molar-refractivity contribution in [2.45, 2.75) is 6.42 Å². The first-order valence-electron chi connectivity index (χ1n) is 6.40. The number of esters is 1. The second-order valence-corrected chi connectivity index (χ2v) is 4.72. The minimum Gasteiger partial charge on any atom is -0.469 e. The number of nitrogens with two attached hydrogens (primary N) is 1. The van der Waals surface area contributed by atoms with Gasteiger partial charge in [0.2, 0.25) is 0 Å². The van der Waals surface area contributed by atoms with E-state index >= 15 is 0 Å². The molecule has 0 saturated carbocycles. The lowest BCUT2D eigenvalue weighted by Crippen LogP contribution is -2.36. The zero-order valence-electron chi connectivity index (χ0n) is 12.1. The number of hydrogen-bond acceptors (Lipinski definition) is 5. The molecule has 0 atom stereocenters. The molecule has 0 saturated heterocycles. The zero-order valence-corrected chi connectivity index (χ0v) is 12.9. The van der Waals surface area contributed by atoms with Gasteiger partial charge < -0.3 is 20.1 Å². The van der Waals surface area contributed by atoms with Crippen LogP contribution in [0.25, 0.3) is 0 Å². The molecule has 21 heavy (non-hydrogen) atoms. The molecule has 0 radical (unpaired) electrons. The number of para-hydroxylation sites is 1. The number of nitrogen functional groups attached to an aromatic ring is 1. The summed E-state index contributed by atoms with van der Waals surface area (Å²) in [5.41, 5.74) is 6.37. The molecular weight excluding hydrogens is 296 g/mol. The number of amides is 1. The average Bonchev–Trinajstić information content (AvgIpc) is 2.49. The highest BCUT2D eigenvalue weighted by Gasteiger charge is 2.20. The van der Waals surface area contributed by atoms with Crippen molar-refractivity contribution in [3.8, 4) is 0 Å². The minimum atomic E-state index is -0.385. The molecule has 0 aromatic heterocycles. The molecule has 116 valence electrons. The lowest BCUT2D eigenvalue weighted by molar-refractivity contribution is -0.140. The van der Waals surface area contributed by atoms with Crippen molar-refractivity contribution in [1.29, 1.82) is 0 Å². The van der Waals surface area contributed by atoms with E-state index in [2.05, 4.69) is 4.74 Å². The first kappa shape index (κ1) is 17.3. The standard InChI is InChI=1S/C14H19ClN2O4/c1-20-9-8-17(7-6-12(18)21-2)14(19)10-4-3-5-11(15)13(10)16/h3-5H,6-9,16H2,1-2H3. The van der Waals surface area contributed by atoms with Crippen LogP contribution in [-0.4, -0.2) is 50.7 Å². The fraction of sp³-hybridized carbons (Fsp3) is 0.429. The van der Waals surface area contributed by atoms with Crippen LogP contribution < -0.4 is 5.73 Å². The van der Waals surface area contributed by atoms with Gasteiger partial charge in [0.05, 0.1) is 36.4 Å². The molecule has 0 bridgehead atoms. The van der Waals surface area contributed by atoms with Gasteiger partial charge in [-0.05, 0) is 12.1 Å². The van der Waals surface area contributed by atoms with Crippen molar-refractivity contribution in [3.63, 3.8) is 0 Å². The van der Waals surface area contributed by atoms with Crippen molar-refractivity contribution in [2.24, 2.45) is 0 Å². The molecular formula is C14H19ClN2O4. The Hall–Kier alpha value is -1.79. The van der Waals surface area contributed by atoms with E-state index in [1.54, 1.807) is 18.2 Å². The van der Waals surface area contributed by atoms with Gasteiger partial charge in [-0.1, -0.05) is 17.7 Å². The Morgan fingerprint density at radius 2 is 2.00 bits per heavy atom. The first-order chi connectivity index (χ1) is 10.0. The number of anilines is 1. The third kappa shape index (κ3) is 4.91. The fourth-order valence-corrected chi connectivity index (χ4v) is 1.91. The molecule has 0 aliphatic carbocycles. The van der Waals surface area contributed by atoms with Gasteiger partial charge in [-0.15, -0.1) is 0 Å². The second-order valence-electron chi connectivity index (χ2n) is 4.31. The van der Waals surface area contributed by atoms with Crippen molar-refractivity contribution in [3.05, 3.63) is 28.8 Å². The number of hydrogen-bond donors (Lipinski definition) is 1. The fourth-order valence-electron chi connectivity index (χ4n) is 1.74. The molecule has 0 heterocycles. The van der Waals surface area contributed by atoms with Crippen LogP contribution in [0.15, 0.2) is 18.2 Å². The summed E-state index contributed by atoms with van der Waals surface area (Å²) in [5, 5.41) is 0.320. The van der Waals surface area contributed by atoms with Crippen LogP contribution in [0.2, 0.25) is 5.02 Å². The monoisotopic (exact) mass is 314 g/mol. The summed E-state index contributed by atoms with van der Waals surface area (Å²) < 4.78 is 9.56. The first-order valence-corrected chi connectivity index (χ1v) is 6.78. The molecule has 1 aromatic carbocycles. The summed E-state index contributed by atoms with van der Waals surface area (Å²) in [6.07, 6.45) is 0.104. The number of ether oxygens (including phenoxy) is 2. The van der Waals surface area contributed by atoms with Gasteiger partial charge in [-0.25, -0.2) is 0 Å². The predicted octanol–water partition coefficient (Wildman–Crippen LogP) is 1.57. The van der Waals surface area contributed by atoms with E-state index in [4.69, 9.17) is 22.1 Å². The van der Waals surface area contributed by atoms with Gasteiger partial charge in [-0.2, -0.15) is 0 Å². The van der Waals surface area contributed by atoms with Crippen molar-refractivity contribution in [2.75, 3.05) is 39.6 Å². The molecule has 0 aliphatic rings. The Bertz CT molecular complexity index is 508. The molecule has 2 N–H and O–H groups in total. The summed E-state index contributed by atoms with van der Waals surface area (Å²) >= 11 is 5.92. The van der Waals surface area contributed by atoms with E-state index in [1.165, 1.54) is 19.1 Å². The van der Waals surface area contributed by atoms with Crippen LogP contribution in [0, 0.1) is 0 Å². The third-order valence-corrected chi connectivity index (χ3v) is 3.28. The molecule has 0 unspecified atom stereocenters. The van der Waals surface area contributed by atoms with E-state index < -0.39 is 0 Å². The third-order valence-electron chi connectivity index (χ3n) is 2.95. The van der Waals surface area contributed by atoms with Gasteiger partial charge in [-0.3, -0.25) is 9.59 Å². The molecule has 6 nitrogen and oxygen atoms in total. The number of nitrogens with zero attached hydrogens (tertiary/aromatic N) is 1. The summed E-state index contributed by atoms with van der Waals surface area (Å²) in [5.74, 6) is -0.680. The van der Waals surface area contributed by atoms with Gasteiger partial charge in [0, 0.05) is 20.2 Å². The number of halogens is 1. The van der Waals surface area contributed by atoms with Crippen molar-refractivity contribution in [1.82, 2.24) is 4.90 Å². The molecule has 0 spiro atoms. The average molecular weight is 315 g/mol. The maximum atomic E-state index is 12.5. The minimum absolute atomic E-state index is 0.104. The van der Waals surface area contributed by atoms with Crippen molar-refractivity contribution >= 4 is 29.2 Å². The van der Waals surface area contributed by atoms with Gasteiger partial charge in [0.25, 0.3) is 5.91 Å². The molecule has 7 heteroatoms. The summed E-state index contributed by atoms with van der Waals surface area (Å²) in [6.45, 7) is 0.923. The maximum absolute atomic E-state index is 12.5. The van der Waals surface area contributed by atoms with E-state index in [9.17, 15) is 9.59 Å². The van der Waals surface area contributed by atoms with Crippen LogP contribution >= 0.6 is 11.6 Å². The SMILES string of the molecule is COCCN(CCC(=O)OC)C(=O)c1cccc(Cl)c1N. The quantitative estimate of drug-likeness (QED) is 0.610. The van der Waals surface area contributed by atoms with Gasteiger partial charge in [0.15, 0.2) is 0 Å². The van der Waals surface area contributed by atoms with E-state index in [-0.39, 0.29) is 30.5 Å². The second kappa shape index (κ2) is 8.49. The predicted molar refractivity (Wildman–Crippen MR) is 80.3 cm³/mol. The van der Waals surface area contributed by atoms with Crippen LogP contribution in [0.5, 0.6) is 0 Å². The van der Waals surface area contributed by atoms with Crippen LogP contribution in [0.1, 0.15) is 16.8 Å². The largest absolute Gasteiger partial charge is 0.469 e. The highest BCUT2D eigenvalue weighted by Crippen LogP contribution is 2.23. The highest BCUT2D eigenvalue weighted by atomic mass is 35.5. The Balaban J connectivity index is 2.88. The van der Waals surface area contributed by atoms with Gasteiger partial charge >= 0.3 is 5.97 Å². The normalized spacial score (nSPS) is 10.2. The smallest absolute Gasteiger partial charge is 0.307 e. The molecule has 1 amide bonds. The van der Waals surface area contributed by atoms with Crippen LogP contribution in [-0.2, 0) is 14.3 Å². The van der Waals surface area contributed by atoms with Gasteiger partial charge in [0.1, 0.15) is 0 Å². The summed E-state index contributed by atoms with van der Waals surface area (Å²) in [7, 11) is 2.84. The molecule has 0 fully saturated rings. The van der Waals surface area contributed by atoms with Crippen molar-refractivity contribution < 1.29 is 19.1 Å². The summed E-state index contributed by atoms with van der Waals surface area (Å²) in [6, 6.07) is 4.86. The maximum Gasteiger partial charge on any atom is 0.307 e. The number of benzene rings is 1. The van der Waals surface area contributed by atoms with Crippen LogP contribution in [0.3, 0.4) is 0 Å². The molecule has 1 rings (SSSR count). The van der Waals surface area contributed by atoms with E-state index in [1.807, 2.05) is 0 Å². The number of carbonyl (C=O) groups excluding carboxylic acids is 2. The Kier molecular flexibility index (Phi) is 6.98. The summed E-state index contributed by atoms with van der Waals surface area (Å²) in [4.78, 5) is 25.2. The number of carbonyl (C=O) groups is 2. The zero-order chi connectivity index (χ0) is 15.8. The highest BCUT2D eigenvalue weighted by molar-refractivity contribution is 6.33. The molecule has 0 aliphatic heterocycles. The van der Waals surface area contributed by atoms with Crippen LogP contribution in [0.4, 0.5) is 5.69 Å². The Morgan fingerprint density at radius 3 is 2.62 bits per heavy atom. The number of methoxy groups -OCH3 is 2.